The molecule has 0 aliphatic carbocycles. The lowest BCUT2D eigenvalue weighted by Crippen LogP contribution is -2.40. The zero-order chi connectivity index (χ0) is 14.9. The molecule has 4 rings (SSSR count). The summed E-state index contributed by atoms with van der Waals surface area (Å²) >= 11 is 2.09. The highest BCUT2D eigenvalue weighted by Gasteiger charge is 2.38. The minimum absolute atomic E-state index is 0.802. The Morgan fingerprint density at radius 1 is 0.818 bits per heavy atom. The summed E-state index contributed by atoms with van der Waals surface area (Å²) in [7, 11) is 2.32. The lowest BCUT2D eigenvalue weighted by molar-refractivity contribution is 0.183. The van der Waals surface area contributed by atoms with Crippen molar-refractivity contribution in [2.75, 3.05) is 7.05 Å². The molecule has 0 unspecified atom stereocenters. The number of thioether (sulfide) groups is 1. The molecule has 0 spiro atoms. The van der Waals surface area contributed by atoms with Gasteiger partial charge in [0, 0.05) is 22.2 Å². The van der Waals surface area contributed by atoms with E-state index in [0.29, 0.717) is 0 Å². The van der Waals surface area contributed by atoms with Gasteiger partial charge < -0.3 is 4.90 Å². The van der Waals surface area contributed by atoms with Gasteiger partial charge >= 0.3 is 0 Å². The Morgan fingerprint density at radius 3 is 2.05 bits per heavy atom. The normalized spacial score (nSPS) is 28.0. The van der Waals surface area contributed by atoms with Crippen LogP contribution in [0.3, 0.4) is 0 Å². The second kappa shape index (κ2) is 6.10. The number of hydrogen-bond donors (Lipinski definition) is 0. The predicted octanol–water partition coefficient (Wildman–Crippen LogP) is 5.07. The van der Waals surface area contributed by atoms with Gasteiger partial charge in [0.2, 0.25) is 0 Å². The van der Waals surface area contributed by atoms with Crippen molar-refractivity contribution in [2.24, 2.45) is 0 Å². The Kier molecular flexibility index (Phi) is 3.98. The molecule has 3 atom stereocenters. The molecule has 0 N–H and O–H groups in total. The number of piperidine rings is 1. The van der Waals surface area contributed by atoms with Crippen LogP contribution in [0.2, 0.25) is 0 Å². The lowest BCUT2D eigenvalue weighted by atomic mass is 10.0. The van der Waals surface area contributed by atoms with Crippen LogP contribution in [-0.2, 0) is 0 Å². The summed E-state index contributed by atoms with van der Waals surface area (Å²) in [6, 6.07) is 21.4. The molecule has 2 fully saturated rings. The first kappa shape index (κ1) is 14.3. The van der Waals surface area contributed by atoms with Crippen LogP contribution in [0.25, 0.3) is 11.1 Å². The van der Waals surface area contributed by atoms with Gasteiger partial charge in [0.05, 0.1) is 0 Å². The summed E-state index contributed by atoms with van der Waals surface area (Å²) in [6.45, 7) is 0. The fourth-order valence-electron chi connectivity index (χ4n) is 4.01. The second-order valence-electron chi connectivity index (χ2n) is 6.65. The predicted molar refractivity (Wildman–Crippen MR) is 95.3 cm³/mol. The molecule has 2 heterocycles. The Hall–Kier alpha value is -1.25. The van der Waals surface area contributed by atoms with Crippen molar-refractivity contribution in [1.82, 2.24) is 4.90 Å². The lowest BCUT2D eigenvalue weighted by Gasteiger charge is -2.36. The molecular formula is C20H23NS. The first-order valence-corrected chi connectivity index (χ1v) is 9.21. The maximum Gasteiger partial charge on any atom is 0.0124 e. The third-order valence-corrected chi connectivity index (χ3v) is 6.58. The molecule has 2 aromatic rings. The van der Waals surface area contributed by atoms with Crippen molar-refractivity contribution in [3.63, 3.8) is 0 Å². The number of hydrogen-bond acceptors (Lipinski definition) is 2. The van der Waals surface area contributed by atoms with E-state index in [1.165, 1.54) is 41.7 Å². The molecule has 0 amide bonds. The molecule has 2 saturated heterocycles. The van der Waals surface area contributed by atoms with Crippen molar-refractivity contribution in [3.8, 4) is 11.1 Å². The number of nitrogens with zero attached hydrogens (tertiary/aromatic N) is 1. The summed E-state index contributed by atoms with van der Waals surface area (Å²) in [5.74, 6) is 0. The van der Waals surface area contributed by atoms with E-state index in [1.54, 1.807) is 0 Å². The largest absolute Gasteiger partial charge is 0.300 e. The highest BCUT2D eigenvalue weighted by Crippen LogP contribution is 2.41. The second-order valence-corrected chi connectivity index (χ2v) is 8.03. The molecule has 22 heavy (non-hydrogen) atoms. The summed E-state index contributed by atoms with van der Waals surface area (Å²) in [4.78, 5) is 4.05. The van der Waals surface area contributed by atoms with E-state index < -0.39 is 0 Å². The molecule has 114 valence electrons. The average Bonchev–Trinajstić information content (AvgIpc) is 2.78. The van der Waals surface area contributed by atoms with Gasteiger partial charge in [-0.3, -0.25) is 0 Å². The van der Waals surface area contributed by atoms with Gasteiger partial charge in [0.1, 0.15) is 0 Å². The smallest absolute Gasteiger partial charge is 0.0124 e. The minimum atomic E-state index is 0.802. The maximum absolute atomic E-state index is 2.62. The van der Waals surface area contributed by atoms with Crippen molar-refractivity contribution >= 4 is 11.8 Å². The Labute approximate surface area is 137 Å². The van der Waals surface area contributed by atoms with Crippen LogP contribution >= 0.6 is 11.8 Å². The van der Waals surface area contributed by atoms with Crippen LogP contribution in [0.4, 0.5) is 0 Å². The topological polar surface area (TPSA) is 3.24 Å². The van der Waals surface area contributed by atoms with E-state index >= 15 is 0 Å². The zero-order valence-corrected chi connectivity index (χ0v) is 13.9. The highest BCUT2D eigenvalue weighted by molar-refractivity contribution is 8.00. The van der Waals surface area contributed by atoms with Gasteiger partial charge in [0.15, 0.2) is 0 Å². The molecule has 2 bridgehead atoms. The first-order chi connectivity index (χ1) is 10.8. The summed E-state index contributed by atoms with van der Waals surface area (Å²) in [5.41, 5.74) is 2.62. The number of rotatable bonds is 3. The highest BCUT2D eigenvalue weighted by atomic mass is 32.2. The molecule has 0 radical (unpaired) electrons. The van der Waals surface area contributed by atoms with E-state index in [1.807, 2.05) is 0 Å². The zero-order valence-electron chi connectivity index (χ0n) is 13.1. The van der Waals surface area contributed by atoms with Gasteiger partial charge in [-0.25, -0.2) is 0 Å². The fourth-order valence-corrected chi connectivity index (χ4v) is 5.32. The first-order valence-electron chi connectivity index (χ1n) is 8.33. The molecule has 2 heteroatoms. The Morgan fingerprint density at radius 2 is 1.41 bits per heavy atom. The summed E-state index contributed by atoms with van der Waals surface area (Å²) in [6.07, 6.45) is 5.53. The van der Waals surface area contributed by atoms with Crippen LogP contribution < -0.4 is 0 Å². The van der Waals surface area contributed by atoms with Crippen LogP contribution in [0.1, 0.15) is 25.7 Å². The molecule has 0 saturated carbocycles. The van der Waals surface area contributed by atoms with E-state index in [0.717, 1.165) is 17.3 Å². The van der Waals surface area contributed by atoms with Gasteiger partial charge in [-0.1, -0.05) is 42.5 Å². The average molecular weight is 309 g/mol. The van der Waals surface area contributed by atoms with Gasteiger partial charge in [0.25, 0.3) is 0 Å². The van der Waals surface area contributed by atoms with Crippen molar-refractivity contribution in [3.05, 3.63) is 54.6 Å². The fraction of sp³-hybridized carbons (Fsp3) is 0.400. The summed E-state index contributed by atoms with van der Waals surface area (Å²) < 4.78 is 0. The third-order valence-electron chi connectivity index (χ3n) is 5.32. The van der Waals surface area contributed by atoms with Crippen LogP contribution in [0.15, 0.2) is 59.5 Å². The third kappa shape index (κ3) is 2.82. The van der Waals surface area contributed by atoms with E-state index in [9.17, 15) is 0 Å². The molecule has 1 nitrogen and oxygen atoms in total. The number of benzene rings is 2. The molecule has 2 aliphatic heterocycles. The summed E-state index contributed by atoms with van der Waals surface area (Å²) in [5, 5.41) is 0.802. The van der Waals surface area contributed by atoms with Gasteiger partial charge in [-0.05, 0) is 56.0 Å². The van der Waals surface area contributed by atoms with Crippen LogP contribution in [0.5, 0.6) is 0 Å². The van der Waals surface area contributed by atoms with E-state index in [2.05, 4.69) is 78.3 Å². The molecule has 2 aromatic carbocycles. The van der Waals surface area contributed by atoms with Gasteiger partial charge in [-0.2, -0.15) is 0 Å². The van der Waals surface area contributed by atoms with E-state index in [4.69, 9.17) is 0 Å². The standard InChI is InChI=1S/C20H23NS/c1-21-17-9-10-18(21)14-20(13-17)22-19-11-7-16(8-12-19)15-5-3-2-4-6-15/h2-8,11-12,17-18,20H,9-10,13-14H2,1H3/t17-,18+,20-. The minimum Gasteiger partial charge on any atom is -0.300 e. The van der Waals surface area contributed by atoms with Crippen molar-refractivity contribution in [2.45, 2.75) is 47.9 Å². The van der Waals surface area contributed by atoms with Gasteiger partial charge in [-0.15, -0.1) is 11.8 Å². The molecule has 2 aliphatic rings. The van der Waals surface area contributed by atoms with E-state index in [-0.39, 0.29) is 0 Å². The molecule has 0 aromatic heterocycles. The monoisotopic (exact) mass is 309 g/mol. The maximum atomic E-state index is 2.62. The number of fused-ring (bicyclic) bond motifs is 2. The Balaban J connectivity index is 1.44. The van der Waals surface area contributed by atoms with Crippen LogP contribution in [0, 0.1) is 0 Å². The SMILES string of the molecule is CN1[C@@H]2CC[C@H]1C[C@H](Sc1ccc(-c3ccccc3)cc1)C2. The Bertz CT molecular complexity index is 608. The molecular weight excluding hydrogens is 286 g/mol. The van der Waals surface area contributed by atoms with Crippen molar-refractivity contribution < 1.29 is 0 Å². The van der Waals surface area contributed by atoms with Crippen molar-refractivity contribution in [1.29, 1.82) is 0 Å². The quantitative estimate of drug-likeness (QED) is 0.778. The van der Waals surface area contributed by atoms with Crippen LogP contribution in [-0.4, -0.2) is 29.3 Å².